The first-order valence-corrected chi connectivity index (χ1v) is 6.29. The zero-order chi connectivity index (χ0) is 13.0. The number of halogens is 1. The lowest BCUT2D eigenvalue weighted by Gasteiger charge is -2.08. The normalized spacial score (nSPS) is 13.8. The molecular formula is C13H14ClN3O. The molecule has 1 aliphatic carbocycles. The maximum Gasteiger partial charge on any atom is 0.223 e. The zero-order valence-corrected chi connectivity index (χ0v) is 10.6. The molecule has 2 rings (SSSR count). The molecular weight excluding hydrogens is 250 g/mol. The molecule has 0 unspecified atom stereocenters. The van der Waals surface area contributed by atoms with Crippen molar-refractivity contribution >= 4 is 23.2 Å². The fraction of sp³-hybridized carbons (Fsp3) is 0.385. The van der Waals surface area contributed by atoms with E-state index in [2.05, 4.69) is 10.6 Å². The Kier molecular flexibility index (Phi) is 4.06. The van der Waals surface area contributed by atoms with Crippen molar-refractivity contribution in [1.29, 1.82) is 5.26 Å². The van der Waals surface area contributed by atoms with E-state index in [0.717, 1.165) is 18.5 Å². The number of benzene rings is 1. The monoisotopic (exact) mass is 263 g/mol. The van der Waals surface area contributed by atoms with Gasteiger partial charge in [0.2, 0.25) is 5.91 Å². The molecule has 0 radical (unpaired) electrons. The molecule has 2 N–H and O–H groups in total. The first-order chi connectivity index (χ1) is 8.70. The van der Waals surface area contributed by atoms with Gasteiger partial charge in [-0.3, -0.25) is 4.79 Å². The summed E-state index contributed by atoms with van der Waals surface area (Å²) in [5.41, 5.74) is 1.31. The summed E-state index contributed by atoms with van der Waals surface area (Å²) < 4.78 is 0. The fourth-order valence-electron chi connectivity index (χ4n) is 1.60. The Morgan fingerprint density at radius 2 is 2.22 bits per heavy atom. The molecule has 0 heterocycles. The van der Waals surface area contributed by atoms with E-state index in [1.807, 2.05) is 6.07 Å². The molecule has 0 saturated heterocycles. The quantitative estimate of drug-likeness (QED) is 0.800. The molecule has 1 aromatic rings. The molecule has 0 aliphatic heterocycles. The van der Waals surface area contributed by atoms with Gasteiger partial charge in [0.05, 0.1) is 10.6 Å². The highest BCUT2D eigenvalue weighted by Gasteiger charge is 2.28. The van der Waals surface area contributed by atoms with Crippen molar-refractivity contribution in [3.05, 3.63) is 28.8 Å². The van der Waals surface area contributed by atoms with Crippen LogP contribution in [0.2, 0.25) is 5.02 Å². The lowest BCUT2D eigenvalue weighted by molar-refractivity contribution is -0.122. The topological polar surface area (TPSA) is 64.9 Å². The van der Waals surface area contributed by atoms with Crippen LogP contribution in [0, 0.1) is 17.2 Å². The second kappa shape index (κ2) is 5.74. The van der Waals surface area contributed by atoms with E-state index >= 15 is 0 Å². The van der Waals surface area contributed by atoms with E-state index in [-0.39, 0.29) is 11.8 Å². The maximum atomic E-state index is 11.4. The van der Waals surface area contributed by atoms with Crippen LogP contribution < -0.4 is 10.6 Å². The van der Waals surface area contributed by atoms with Crippen molar-refractivity contribution in [2.75, 3.05) is 18.4 Å². The number of carbonyl (C=O) groups is 1. The third-order valence-corrected chi connectivity index (χ3v) is 3.10. The highest BCUT2D eigenvalue weighted by molar-refractivity contribution is 6.32. The van der Waals surface area contributed by atoms with Crippen molar-refractivity contribution in [1.82, 2.24) is 5.32 Å². The maximum absolute atomic E-state index is 11.4. The molecule has 5 heteroatoms. The van der Waals surface area contributed by atoms with Crippen LogP contribution in [-0.2, 0) is 4.79 Å². The van der Waals surface area contributed by atoms with E-state index in [4.69, 9.17) is 16.9 Å². The second-order valence-corrected chi connectivity index (χ2v) is 4.71. The lowest BCUT2D eigenvalue weighted by Crippen LogP contribution is -2.29. The van der Waals surface area contributed by atoms with Crippen LogP contribution in [0.5, 0.6) is 0 Å². The Morgan fingerprint density at radius 1 is 1.44 bits per heavy atom. The van der Waals surface area contributed by atoms with Crippen LogP contribution >= 0.6 is 11.6 Å². The fourth-order valence-corrected chi connectivity index (χ4v) is 1.82. The van der Waals surface area contributed by atoms with Gasteiger partial charge in [0, 0.05) is 24.7 Å². The summed E-state index contributed by atoms with van der Waals surface area (Å²) >= 11 is 5.91. The molecule has 0 spiro atoms. The van der Waals surface area contributed by atoms with Gasteiger partial charge in [0.15, 0.2) is 0 Å². The zero-order valence-electron chi connectivity index (χ0n) is 9.87. The Hall–Kier alpha value is -1.73. The number of anilines is 1. The van der Waals surface area contributed by atoms with E-state index in [1.165, 1.54) is 0 Å². The Morgan fingerprint density at radius 3 is 2.83 bits per heavy atom. The molecule has 94 valence electrons. The second-order valence-electron chi connectivity index (χ2n) is 4.30. The predicted octanol–water partition coefficient (Wildman–Crippen LogP) is 2.15. The van der Waals surface area contributed by atoms with Gasteiger partial charge in [-0.2, -0.15) is 5.26 Å². The van der Waals surface area contributed by atoms with Crippen LogP contribution in [0.3, 0.4) is 0 Å². The molecule has 18 heavy (non-hydrogen) atoms. The summed E-state index contributed by atoms with van der Waals surface area (Å²) in [7, 11) is 0. The highest BCUT2D eigenvalue weighted by Crippen LogP contribution is 2.28. The number of carbonyl (C=O) groups excluding carboxylic acids is 1. The van der Waals surface area contributed by atoms with Crippen LogP contribution in [0.1, 0.15) is 18.4 Å². The third kappa shape index (κ3) is 3.38. The number of amides is 1. The summed E-state index contributed by atoms with van der Waals surface area (Å²) in [6.45, 7) is 1.23. The molecule has 1 aromatic carbocycles. The molecule has 1 amide bonds. The van der Waals surface area contributed by atoms with Crippen molar-refractivity contribution in [2.45, 2.75) is 12.8 Å². The first-order valence-electron chi connectivity index (χ1n) is 5.92. The van der Waals surface area contributed by atoms with Gasteiger partial charge in [0.1, 0.15) is 6.07 Å². The van der Waals surface area contributed by atoms with Crippen LogP contribution in [-0.4, -0.2) is 19.0 Å². The molecule has 0 atom stereocenters. The molecule has 1 saturated carbocycles. The van der Waals surface area contributed by atoms with Crippen LogP contribution in [0.25, 0.3) is 0 Å². The summed E-state index contributed by atoms with van der Waals surface area (Å²) in [5.74, 6) is 0.393. The number of nitriles is 1. The number of hydrogen-bond donors (Lipinski definition) is 2. The van der Waals surface area contributed by atoms with E-state index in [9.17, 15) is 4.79 Å². The third-order valence-electron chi connectivity index (χ3n) is 2.79. The SMILES string of the molecule is N#Cc1ccc(NCCNC(=O)C2CC2)cc1Cl. The largest absolute Gasteiger partial charge is 0.383 e. The van der Waals surface area contributed by atoms with Gasteiger partial charge in [0.25, 0.3) is 0 Å². The highest BCUT2D eigenvalue weighted by atomic mass is 35.5. The van der Waals surface area contributed by atoms with Gasteiger partial charge < -0.3 is 10.6 Å². The molecule has 0 bridgehead atoms. The molecule has 0 aromatic heterocycles. The Labute approximate surface area is 111 Å². The average molecular weight is 264 g/mol. The van der Waals surface area contributed by atoms with E-state index in [1.54, 1.807) is 18.2 Å². The average Bonchev–Trinajstić information content (AvgIpc) is 3.19. The molecule has 1 fully saturated rings. The van der Waals surface area contributed by atoms with Crippen molar-refractivity contribution < 1.29 is 4.79 Å². The van der Waals surface area contributed by atoms with Gasteiger partial charge in [-0.15, -0.1) is 0 Å². The number of nitrogens with zero attached hydrogens (tertiary/aromatic N) is 1. The van der Waals surface area contributed by atoms with Gasteiger partial charge in [-0.05, 0) is 31.0 Å². The van der Waals surface area contributed by atoms with Crippen molar-refractivity contribution in [3.8, 4) is 6.07 Å². The van der Waals surface area contributed by atoms with E-state index in [0.29, 0.717) is 23.7 Å². The van der Waals surface area contributed by atoms with Crippen molar-refractivity contribution in [3.63, 3.8) is 0 Å². The Bertz CT molecular complexity index is 491. The summed E-state index contributed by atoms with van der Waals surface area (Å²) in [6, 6.07) is 7.19. The first kappa shape index (κ1) is 12.7. The summed E-state index contributed by atoms with van der Waals surface area (Å²) in [6.07, 6.45) is 2.04. The summed E-state index contributed by atoms with van der Waals surface area (Å²) in [4.78, 5) is 11.4. The minimum Gasteiger partial charge on any atom is -0.383 e. The standard InChI is InChI=1S/C13H14ClN3O/c14-12-7-11(4-3-10(12)8-15)16-5-6-17-13(18)9-1-2-9/h3-4,7,9,16H,1-2,5-6H2,(H,17,18). The minimum absolute atomic E-state index is 0.148. The Balaban J connectivity index is 1.74. The summed E-state index contributed by atoms with van der Waals surface area (Å²) in [5, 5.41) is 15.2. The number of hydrogen-bond acceptors (Lipinski definition) is 3. The minimum atomic E-state index is 0.148. The number of rotatable bonds is 5. The number of nitrogens with one attached hydrogen (secondary N) is 2. The predicted molar refractivity (Wildman–Crippen MR) is 70.4 cm³/mol. The molecule has 1 aliphatic rings. The molecule has 4 nitrogen and oxygen atoms in total. The van der Waals surface area contributed by atoms with Crippen LogP contribution in [0.4, 0.5) is 5.69 Å². The van der Waals surface area contributed by atoms with Gasteiger partial charge in [-0.1, -0.05) is 11.6 Å². The van der Waals surface area contributed by atoms with Gasteiger partial charge >= 0.3 is 0 Å². The lowest BCUT2D eigenvalue weighted by atomic mass is 10.2. The van der Waals surface area contributed by atoms with Crippen LogP contribution in [0.15, 0.2) is 18.2 Å². The van der Waals surface area contributed by atoms with E-state index < -0.39 is 0 Å². The van der Waals surface area contributed by atoms with Gasteiger partial charge in [-0.25, -0.2) is 0 Å². The smallest absolute Gasteiger partial charge is 0.223 e. The van der Waals surface area contributed by atoms with Crippen molar-refractivity contribution in [2.24, 2.45) is 5.92 Å².